The first-order chi connectivity index (χ1) is 11.6. The van der Waals surface area contributed by atoms with E-state index in [0.29, 0.717) is 10.3 Å². The van der Waals surface area contributed by atoms with Crippen molar-refractivity contribution < 1.29 is 0 Å². The van der Waals surface area contributed by atoms with Crippen molar-refractivity contribution in [2.24, 2.45) is 16.5 Å². The van der Waals surface area contributed by atoms with E-state index in [0.717, 1.165) is 45.0 Å². The van der Waals surface area contributed by atoms with Crippen LogP contribution in [0.2, 0.25) is 0 Å². The lowest BCUT2D eigenvalue weighted by atomic mass is 10.1. The maximum absolute atomic E-state index is 6.37. The number of rotatable bonds is 4. The molecule has 1 fully saturated rings. The van der Waals surface area contributed by atoms with Gasteiger partial charge < -0.3 is 15.5 Å². The fourth-order valence-corrected chi connectivity index (χ4v) is 3.57. The zero-order valence-corrected chi connectivity index (χ0v) is 14.7. The number of benzene rings is 1. The van der Waals surface area contributed by atoms with Gasteiger partial charge in [-0.2, -0.15) is 4.99 Å². The Bertz CT molecular complexity index is 615. The van der Waals surface area contributed by atoms with Gasteiger partial charge in [0.1, 0.15) is 11.5 Å². The van der Waals surface area contributed by atoms with E-state index in [1.807, 2.05) is 12.4 Å². The predicted octanol–water partition coefficient (Wildman–Crippen LogP) is 1.28. The van der Waals surface area contributed by atoms with E-state index in [1.165, 1.54) is 5.69 Å². The van der Waals surface area contributed by atoms with Crippen LogP contribution in [0.1, 0.15) is 13.8 Å². The van der Waals surface area contributed by atoms with Gasteiger partial charge in [0.15, 0.2) is 12.5 Å². The fraction of sp³-hybridized carbons (Fsp3) is 0.500. The highest BCUT2D eigenvalue weighted by molar-refractivity contribution is 5.77. The third kappa shape index (κ3) is 3.05. The molecule has 0 aliphatic carbocycles. The van der Waals surface area contributed by atoms with Gasteiger partial charge in [0.2, 0.25) is 0 Å². The molecule has 1 saturated heterocycles. The predicted molar refractivity (Wildman–Crippen MR) is 102 cm³/mol. The molecule has 6 heteroatoms. The van der Waals surface area contributed by atoms with Crippen LogP contribution in [-0.4, -0.2) is 56.7 Å². The molecule has 4 N–H and O–H groups in total. The summed E-state index contributed by atoms with van der Waals surface area (Å²) in [4.78, 5) is 9.24. The molecule has 0 saturated carbocycles. The van der Waals surface area contributed by atoms with Gasteiger partial charge in [0.25, 0.3) is 0 Å². The van der Waals surface area contributed by atoms with E-state index < -0.39 is 0 Å². The summed E-state index contributed by atoms with van der Waals surface area (Å²) in [6, 6.07) is 8.75. The summed E-state index contributed by atoms with van der Waals surface area (Å²) in [5, 5.41) is 0. The van der Waals surface area contributed by atoms with E-state index in [9.17, 15) is 0 Å². The zero-order chi connectivity index (χ0) is 17.2. The van der Waals surface area contributed by atoms with Crippen molar-refractivity contribution in [1.29, 1.82) is 0 Å². The standard InChI is InChI=1S/C18H29N6/c1-3-22-9-11-23(12-10-22)15-5-7-16(8-6-15)24(4-2)14-21-17(19)13-18(24)20/h5-8,13-14,18H,3-4,9-12,19-20H2,1-2H3/q+1. The number of quaternary nitrogens is 1. The van der Waals surface area contributed by atoms with E-state index in [4.69, 9.17) is 11.5 Å². The van der Waals surface area contributed by atoms with Gasteiger partial charge in [-0.1, -0.05) is 6.92 Å². The highest BCUT2D eigenvalue weighted by atomic mass is 15.4. The monoisotopic (exact) mass is 329 g/mol. The van der Waals surface area contributed by atoms with Crippen molar-refractivity contribution in [3.63, 3.8) is 0 Å². The second kappa shape index (κ2) is 6.93. The smallest absolute Gasteiger partial charge is 0.198 e. The molecule has 3 rings (SSSR count). The number of hydrogen-bond acceptors (Lipinski definition) is 5. The Hall–Kier alpha value is -1.89. The number of nitrogens with zero attached hydrogens (tertiary/aromatic N) is 4. The summed E-state index contributed by atoms with van der Waals surface area (Å²) in [6.07, 6.45) is 3.50. The molecule has 2 aliphatic heterocycles. The van der Waals surface area contributed by atoms with Gasteiger partial charge in [-0.25, -0.2) is 4.48 Å². The number of aliphatic imine (C=N–C) groups is 1. The Kier molecular flexibility index (Phi) is 4.89. The largest absolute Gasteiger partial charge is 0.384 e. The lowest BCUT2D eigenvalue weighted by Crippen LogP contribution is -2.60. The first kappa shape index (κ1) is 17.0. The quantitative estimate of drug-likeness (QED) is 0.817. The lowest BCUT2D eigenvalue weighted by molar-refractivity contribution is 0.271. The maximum atomic E-state index is 6.37. The number of nitrogens with two attached hydrogens (primary N) is 2. The van der Waals surface area contributed by atoms with Crippen molar-refractivity contribution in [3.8, 4) is 0 Å². The molecular weight excluding hydrogens is 300 g/mol. The van der Waals surface area contributed by atoms with Crippen LogP contribution in [0.4, 0.5) is 11.4 Å². The Balaban J connectivity index is 1.78. The third-order valence-corrected chi connectivity index (χ3v) is 5.32. The second-order valence-corrected chi connectivity index (χ2v) is 6.51. The molecule has 0 radical (unpaired) electrons. The Morgan fingerprint density at radius 3 is 2.33 bits per heavy atom. The number of anilines is 1. The van der Waals surface area contributed by atoms with Crippen molar-refractivity contribution in [2.45, 2.75) is 20.0 Å². The summed E-state index contributed by atoms with van der Waals surface area (Å²) in [7, 11) is 0. The fourth-order valence-electron chi connectivity index (χ4n) is 3.57. The molecule has 2 heterocycles. The second-order valence-electron chi connectivity index (χ2n) is 6.51. The minimum absolute atomic E-state index is 0.202. The van der Waals surface area contributed by atoms with E-state index >= 15 is 0 Å². The van der Waals surface area contributed by atoms with Gasteiger partial charge in [-0.15, -0.1) is 0 Å². The van der Waals surface area contributed by atoms with E-state index in [-0.39, 0.29) is 6.17 Å². The van der Waals surface area contributed by atoms with Gasteiger partial charge in [0.05, 0.1) is 6.54 Å². The van der Waals surface area contributed by atoms with Crippen molar-refractivity contribution >= 4 is 17.7 Å². The van der Waals surface area contributed by atoms with Crippen molar-refractivity contribution in [1.82, 2.24) is 9.38 Å². The number of piperazine rings is 1. The van der Waals surface area contributed by atoms with E-state index in [1.54, 1.807) is 0 Å². The molecule has 24 heavy (non-hydrogen) atoms. The van der Waals surface area contributed by atoms with Crippen LogP contribution in [-0.2, 0) is 0 Å². The number of hydrogen-bond donors (Lipinski definition) is 2. The van der Waals surface area contributed by atoms with Crippen LogP contribution in [0.5, 0.6) is 0 Å². The average Bonchev–Trinajstić information content (AvgIpc) is 2.63. The summed E-state index contributed by atoms with van der Waals surface area (Å²) in [6.45, 7) is 10.8. The van der Waals surface area contributed by atoms with Gasteiger partial charge in [-0.3, -0.25) is 5.73 Å². The summed E-state index contributed by atoms with van der Waals surface area (Å²) < 4.78 is 0.505. The SMILES string of the molecule is CCN1CCN(c2ccc([N+]3(CC)C=NC(N)=CC3N)cc2)CC1. The molecule has 1 aromatic rings. The minimum atomic E-state index is -0.202. The zero-order valence-electron chi connectivity index (χ0n) is 14.7. The molecule has 6 nitrogen and oxygen atoms in total. The van der Waals surface area contributed by atoms with Gasteiger partial charge >= 0.3 is 0 Å². The average molecular weight is 329 g/mol. The Morgan fingerprint density at radius 1 is 1.12 bits per heavy atom. The van der Waals surface area contributed by atoms with Gasteiger partial charge in [0, 0.05) is 50.1 Å². The van der Waals surface area contributed by atoms with Crippen LogP contribution in [0.3, 0.4) is 0 Å². The van der Waals surface area contributed by atoms with Crippen LogP contribution >= 0.6 is 0 Å². The summed E-state index contributed by atoms with van der Waals surface area (Å²) in [5.74, 6) is 0.495. The highest BCUT2D eigenvalue weighted by Gasteiger charge is 2.36. The maximum Gasteiger partial charge on any atom is 0.198 e. The molecule has 0 bridgehead atoms. The molecule has 1 aromatic carbocycles. The van der Waals surface area contributed by atoms with Crippen LogP contribution < -0.4 is 20.9 Å². The van der Waals surface area contributed by atoms with Gasteiger partial charge in [-0.05, 0) is 25.6 Å². The summed E-state index contributed by atoms with van der Waals surface area (Å²) >= 11 is 0. The van der Waals surface area contributed by atoms with Crippen LogP contribution in [0.15, 0.2) is 41.2 Å². The molecule has 2 unspecified atom stereocenters. The molecule has 0 aromatic heterocycles. The van der Waals surface area contributed by atoms with Crippen molar-refractivity contribution in [3.05, 3.63) is 36.2 Å². The Labute approximate surface area is 144 Å². The van der Waals surface area contributed by atoms with Crippen LogP contribution in [0, 0.1) is 0 Å². The van der Waals surface area contributed by atoms with E-state index in [2.05, 4.69) is 52.9 Å². The molecule has 130 valence electrons. The first-order valence-corrected chi connectivity index (χ1v) is 8.82. The lowest BCUT2D eigenvalue weighted by Gasteiger charge is -2.38. The molecule has 0 amide bonds. The molecular formula is C18H29N6+. The molecule has 2 atom stereocenters. The normalized spacial score (nSPS) is 28.0. The first-order valence-electron chi connectivity index (χ1n) is 8.82. The van der Waals surface area contributed by atoms with Crippen LogP contribution in [0.25, 0.3) is 0 Å². The highest BCUT2D eigenvalue weighted by Crippen LogP contribution is 2.29. The third-order valence-electron chi connectivity index (χ3n) is 5.32. The number of likely N-dealkylation sites (N-methyl/N-ethyl adjacent to an activating group) is 2. The Morgan fingerprint density at radius 2 is 1.79 bits per heavy atom. The molecule has 0 spiro atoms. The van der Waals surface area contributed by atoms with Crippen molar-refractivity contribution in [2.75, 3.05) is 44.2 Å². The minimum Gasteiger partial charge on any atom is -0.384 e. The summed E-state index contributed by atoms with van der Waals surface area (Å²) in [5.41, 5.74) is 14.6. The molecule has 2 aliphatic rings. The topological polar surface area (TPSA) is 70.9 Å².